The van der Waals surface area contributed by atoms with Crippen LogP contribution in [0, 0.1) is 17.8 Å². The number of rotatable bonds is 1. The summed E-state index contributed by atoms with van der Waals surface area (Å²) in [5, 5.41) is 0. The highest BCUT2D eigenvalue weighted by Gasteiger charge is 2.36. The van der Waals surface area contributed by atoms with Crippen molar-refractivity contribution in [2.24, 2.45) is 17.8 Å². The van der Waals surface area contributed by atoms with Crippen molar-refractivity contribution >= 4 is 5.78 Å². The average molecular weight is 178 g/mol. The molecule has 2 aliphatic carbocycles. The Morgan fingerprint density at radius 3 is 2.85 bits per heavy atom. The molecule has 0 spiro atoms. The highest BCUT2D eigenvalue weighted by Crippen LogP contribution is 2.42. The topological polar surface area (TPSA) is 17.1 Å². The number of fused-ring (bicyclic) bond motifs is 1. The minimum absolute atomic E-state index is 0.430. The van der Waals surface area contributed by atoms with Gasteiger partial charge in [0.25, 0.3) is 0 Å². The second kappa shape index (κ2) is 3.28. The Balaban J connectivity index is 2.20. The summed E-state index contributed by atoms with van der Waals surface area (Å²) in [4.78, 5) is 11.6. The standard InChI is InChI=1S/C12H18O/c1-8(2)9-6-7-12(13)11-5-3-4-10(9)11/h5,8-10H,3-4,6-7H2,1-2H3. The van der Waals surface area contributed by atoms with Crippen LogP contribution in [0.5, 0.6) is 0 Å². The van der Waals surface area contributed by atoms with Gasteiger partial charge in [0.2, 0.25) is 0 Å². The summed E-state index contributed by atoms with van der Waals surface area (Å²) < 4.78 is 0. The minimum atomic E-state index is 0.430. The van der Waals surface area contributed by atoms with E-state index in [1.807, 2.05) is 0 Å². The van der Waals surface area contributed by atoms with E-state index in [0.29, 0.717) is 11.7 Å². The van der Waals surface area contributed by atoms with Crippen molar-refractivity contribution in [3.63, 3.8) is 0 Å². The lowest BCUT2D eigenvalue weighted by molar-refractivity contribution is -0.118. The van der Waals surface area contributed by atoms with Gasteiger partial charge < -0.3 is 0 Å². The van der Waals surface area contributed by atoms with Gasteiger partial charge in [-0.15, -0.1) is 0 Å². The summed E-state index contributed by atoms with van der Waals surface area (Å²) in [6, 6.07) is 0. The maximum Gasteiger partial charge on any atom is 0.158 e. The molecule has 0 bridgehead atoms. The number of ketones is 1. The third-order valence-corrected chi connectivity index (χ3v) is 3.64. The first kappa shape index (κ1) is 8.98. The Morgan fingerprint density at radius 1 is 1.38 bits per heavy atom. The molecule has 0 heterocycles. The molecule has 1 saturated carbocycles. The van der Waals surface area contributed by atoms with Crippen LogP contribution >= 0.6 is 0 Å². The second-order valence-electron chi connectivity index (χ2n) is 4.71. The molecule has 0 aromatic heterocycles. The van der Waals surface area contributed by atoms with Crippen molar-refractivity contribution in [2.45, 2.75) is 39.5 Å². The summed E-state index contributed by atoms with van der Waals surface area (Å²) in [5.74, 6) is 2.55. The number of carbonyl (C=O) groups is 1. The van der Waals surface area contributed by atoms with Crippen LogP contribution in [0.25, 0.3) is 0 Å². The SMILES string of the molecule is CC(C)C1CCC(=O)C2=CCCC21. The van der Waals surface area contributed by atoms with Crippen molar-refractivity contribution in [3.8, 4) is 0 Å². The molecule has 13 heavy (non-hydrogen) atoms. The van der Waals surface area contributed by atoms with Crippen molar-refractivity contribution in [2.75, 3.05) is 0 Å². The summed E-state index contributed by atoms with van der Waals surface area (Å²) in [6.07, 6.45) is 6.46. The van der Waals surface area contributed by atoms with Crippen LogP contribution in [0.3, 0.4) is 0 Å². The normalized spacial score (nSPS) is 33.5. The Kier molecular flexibility index (Phi) is 2.27. The number of hydrogen-bond donors (Lipinski definition) is 0. The fourth-order valence-corrected chi connectivity index (χ4v) is 2.93. The van der Waals surface area contributed by atoms with E-state index in [-0.39, 0.29) is 0 Å². The Labute approximate surface area is 80.2 Å². The molecule has 2 rings (SSSR count). The smallest absolute Gasteiger partial charge is 0.158 e. The van der Waals surface area contributed by atoms with E-state index >= 15 is 0 Å². The predicted octanol–water partition coefficient (Wildman–Crippen LogP) is 2.96. The molecule has 0 saturated heterocycles. The van der Waals surface area contributed by atoms with Gasteiger partial charge in [-0.05, 0) is 42.6 Å². The van der Waals surface area contributed by atoms with Gasteiger partial charge in [0.1, 0.15) is 0 Å². The monoisotopic (exact) mass is 178 g/mol. The van der Waals surface area contributed by atoms with Gasteiger partial charge >= 0.3 is 0 Å². The van der Waals surface area contributed by atoms with Crippen LogP contribution in [0.4, 0.5) is 0 Å². The molecule has 0 radical (unpaired) electrons. The van der Waals surface area contributed by atoms with Crippen LogP contribution in [-0.4, -0.2) is 5.78 Å². The lowest BCUT2D eigenvalue weighted by Crippen LogP contribution is -2.28. The van der Waals surface area contributed by atoms with E-state index in [9.17, 15) is 4.79 Å². The Bertz CT molecular complexity index is 250. The lowest BCUT2D eigenvalue weighted by Gasteiger charge is -2.32. The molecule has 2 atom stereocenters. The number of Topliss-reactive ketones (excluding diaryl/α,β-unsaturated/α-hetero) is 1. The highest BCUT2D eigenvalue weighted by molar-refractivity contribution is 5.97. The van der Waals surface area contributed by atoms with Gasteiger partial charge in [0.05, 0.1) is 0 Å². The molecule has 0 amide bonds. The van der Waals surface area contributed by atoms with Gasteiger partial charge in [-0.25, -0.2) is 0 Å². The quantitative estimate of drug-likeness (QED) is 0.603. The summed E-state index contributed by atoms with van der Waals surface area (Å²) in [5.41, 5.74) is 1.17. The first-order valence-corrected chi connectivity index (χ1v) is 5.43. The maximum atomic E-state index is 11.6. The van der Waals surface area contributed by atoms with Gasteiger partial charge in [-0.1, -0.05) is 19.9 Å². The zero-order valence-electron chi connectivity index (χ0n) is 8.55. The van der Waals surface area contributed by atoms with Crippen molar-refractivity contribution < 1.29 is 4.79 Å². The molecule has 1 fully saturated rings. The van der Waals surface area contributed by atoms with E-state index < -0.39 is 0 Å². The van der Waals surface area contributed by atoms with E-state index in [1.165, 1.54) is 12.0 Å². The first-order chi connectivity index (χ1) is 6.20. The first-order valence-electron chi connectivity index (χ1n) is 5.43. The summed E-state index contributed by atoms with van der Waals surface area (Å²) in [6.45, 7) is 4.58. The molecule has 0 aromatic carbocycles. The molecule has 1 nitrogen and oxygen atoms in total. The van der Waals surface area contributed by atoms with Crippen molar-refractivity contribution in [1.82, 2.24) is 0 Å². The predicted molar refractivity (Wildman–Crippen MR) is 53.4 cm³/mol. The molecule has 2 aliphatic rings. The second-order valence-corrected chi connectivity index (χ2v) is 4.71. The van der Waals surface area contributed by atoms with Gasteiger partial charge in [-0.2, -0.15) is 0 Å². The molecule has 0 aliphatic heterocycles. The Hall–Kier alpha value is -0.590. The third kappa shape index (κ3) is 1.45. The third-order valence-electron chi connectivity index (χ3n) is 3.64. The molecule has 1 heteroatoms. The fraction of sp³-hybridized carbons (Fsp3) is 0.750. The zero-order chi connectivity index (χ0) is 9.42. The molecule has 2 unspecified atom stereocenters. The molecule has 0 N–H and O–H groups in total. The highest BCUT2D eigenvalue weighted by atomic mass is 16.1. The number of hydrogen-bond acceptors (Lipinski definition) is 1. The number of carbonyl (C=O) groups excluding carboxylic acids is 1. The fourth-order valence-electron chi connectivity index (χ4n) is 2.93. The van der Waals surface area contributed by atoms with Crippen LogP contribution < -0.4 is 0 Å². The zero-order valence-corrected chi connectivity index (χ0v) is 8.55. The van der Waals surface area contributed by atoms with Gasteiger partial charge in [0.15, 0.2) is 5.78 Å². The van der Waals surface area contributed by atoms with Crippen molar-refractivity contribution in [3.05, 3.63) is 11.6 Å². The van der Waals surface area contributed by atoms with Crippen LogP contribution in [-0.2, 0) is 4.79 Å². The van der Waals surface area contributed by atoms with E-state index in [2.05, 4.69) is 19.9 Å². The molecular weight excluding hydrogens is 160 g/mol. The van der Waals surface area contributed by atoms with Gasteiger partial charge in [0, 0.05) is 6.42 Å². The Morgan fingerprint density at radius 2 is 2.15 bits per heavy atom. The lowest BCUT2D eigenvalue weighted by atomic mass is 9.71. The van der Waals surface area contributed by atoms with Crippen LogP contribution in [0.1, 0.15) is 39.5 Å². The average Bonchev–Trinajstić information content (AvgIpc) is 2.53. The number of allylic oxidation sites excluding steroid dienone is 2. The summed E-state index contributed by atoms with van der Waals surface area (Å²) in [7, 11) is 0. The van der Waals surface area contributed by atoms with Crippen molar-refractivity contribution in [1.29, 1.82) is 0 Å². The van der Waals surface area contributed by atoms with E-state index in [1.54, 1.807) is 0 Å². The molecular formula is C12H18O. The minimum Gasteiger partial charge on any atom is -0.295 e. The maximum absolute atomic E-state index is 11.6. The largest absolute Gasteiger partial charge is 0.295 e. The van der Waals surface area contributed by atoms with Crippen LogP contribution in [0.2, 0.25) is 0 Å². The van der Waals surface area contributed by atoms with E-state index in [0.717, 1.165) is 31.1 Å². The molecule has 0 aromatic rings. The van der Waals surface area contributed by atoms with Gasteiger partial charge in [-0.3, -0.25) is 4.79 Å². The van der Waals surface area contributed by atoms with E-state index in [4.69, 9.17) is 0 Å². The molecule has 72 valence electrons. The van der Waals surface area contributed by atoms with Crippen LogP contribution in [0.15, 0.2) is 11.6 Å². The summed E-state index contributed by atoms with van der Waals surface area (Å²) >= 11 is 0.